The van der Waals surface area contributed by atoms with Crippen LogP contribution in [0.5, 0.6) is 5.88 Å². The van der Waals surface area contributed by atoms with E-state index in [1.54, 1.807) is 23.5 Å². The molecule has 0 spiro atoms. The average Bonchev–Trinajstić information content (AvgIpc) is 3.36. The summed E-state index contributed by atoms with van der Waals surface area (Å²) in [7, 11) is 0. The van der Waals surface area contributed by atoms with Crippen molar-refractivity contribution in [2.45, 2.75) is 25.9 Å². The first kappa shape index (κ1) is 15.7. The normalized spacial score (nSPS) is 13.3. The van der Waals surface area contributed by atoms with Crippen LogP contribution in [0.1, 0.15) is 22.8 Å². The Morgan fingerprint density at radius 3 is 2.92 bits per heavy atom. The molecule has 8 heteroatoms. The van der Waals surface area contributed by atoms with Gasteiger partial charge in [-0.3, -0.25) is 0 Å². The molecule has 3 heterocycles. The fraction of sp³-hybridized carbons (Fsp3) is 0.222. The maximum atomic E-state index is 5.90. The highest BCUT2D eigenvalue weighted by Gasteiger charge is 2.22. The molecule has 0 saturated heterocycles. The van der Waals surface area contributed by atoms with Crippen LogP contribution in [-0.4, -0.2) is 20.1 Å². The second-order valence-electron chi connectivity index (χ2n) is 6.02. The maximum absolute atomic E-state index is 5.90. The average molecular weight is 385 g/mol. The van der Waals surface area contributed by atoms with Gasteiger partial charge in [0.05, 0.1) is 5.39 Å². The predicted molar refractivity (Wildman–Crippen MR) is 98.5 cm³/mol. The van der Waals surface area contributed by atoms with Crippen molar-refractivity contribution in [1.82, 2.24) is 20.1 Å². The first-order valence-corrected chi connectivity index (χ1v) is 9.44. The van der Waals surface area contributed by atoms with Crippen LogP contribution in [0.4, 0.5) is 0 Å². The molecular weight excluding hydrogens is 372 g/mol. The Balaban J connectivity index is 1.39. The van der Waals surface area contributed by atoms with Crippen LogP contribution in [0, 0.1) is 0 Å². The summed E-state index contributed by atoms with van der Waals surface area (Å²) >= 11 is 7.64. The number of aromatic nitrogens is 4. The van der Waals surface area contributed by atoms with Gasteiger partial charge < -0.3 is 9.26 Å². The fourth-order valence-corrected chi connectivity index (χ4v) is 4.51. The van der Waals surface area contributed by atoms with Gasteiger partial charge in [-0.15, -0.1) is 11.3 Å². The Morgan fingerprint density at radius 2 is 2.04 bits per heavy atom. The summed E-state index contributed by atoms with van der Waals surface area (Å²) in [5, 5.41) is 5.69. The van der Waals surface area contributed by atoms with Crippen molar-refractivity contribution in [2.24, 2.45) is 0 Å². The second-order valence-corrected chi connectivity index (χ2v) is 7.54. The summed E-state index contributed by atoms with van der Waals surface area (Å²) in [5.41, 5.74) is 2.16. The van der Waals surface area contributed by atoms with Gasteiger partial charge >= 0.3 is 0 Å². The fourth-order valence-electron chi connectivity index (χ4n) is 3.17. The Labute approximate surface area is 157 Å². The Morgan fingerprint density at radius 1 is 1.15 bits per heavy atom. The number of benzene rings is 1. The zero-order valence-corrected chi connectivity index (χ0v) is 15.2. The number of nitrogens with zero attached hydrogens (tertiary/aromatic N) is 4. The molecule has 0 aliphatic heterocycles. The molecule has 0 bridgehead atoms. The van der Waals surface area contributed by atoms with E-state index in [1.807, 2.05) is 12.1 Å². The van der Waals surface area contributed by atoms with Crippen molar-refractivity contribution in [2.75, 3.05) is 0 Å². The molecule has 0 radical (unpaired) electrons. The molecule has 0 unspecified atom stereocenters. The van der Waals surface area contributed by atoms with Crippen LogP contribution in [0.2, 0.25) is 5.02 Å². The quantitative estimate of drug-likeness (QED) is 0.517. The van der Waals surface area contributed by atoms with Crippen LogP contribution in [-0.2, 0) is 19.4 Å². The monoisotopic (exact) mass is 384 g/mol. The number of fused-ring (bicyclic) bond motifs is 3. The lowest BCUT2D eigenvalue weighted by Gasteiger charge is -2.04. The molecule has 26 heavy (non-hydrogen) atoms. The van der Waals surface area contributed by atoms with Crippen molar-refractivity contribution in [3.63, 3.8) is 0 Å². The van der Waals surface area contributed by atoms with E-state index in [9.17, 15) is 0 Å². The molecule has 1 aromatic carbocycles. The number of thiophene rings is 1. The minimum atomic E-state index is 0.164. The van der Waals surface area contributed by atoms with Crippen molar-refractivity contribution in [3.05, 3.63) is 51.9 Å². The Hall–Kier alpha value is -2.51. The standard InChI is InChI=1S/C18H13ClN4O2S/c19-11-6-4-10(5-7-11)16-22-14(25-23-16)8-24-17-15-12-2-1-3-13(12)26-18(15)21-9-20-17/h4-7,9H,1-3,8H2. The highest BCUT2D eigenvalue weighted by molar-refractivity contribution is 7.18. The molecule has 3 aromatic heterocycles. The number of halogens is 1. The number of rotatable bonds is 4. The van der Waals surface area contributed by atoms with Crippen molar-refractivity contribution >= 4 is 33.2 Å². The van der Waals surface area contributed by atoms with Crippen LogP contribution in [0.25, 0.3) is 21.6 Å². The van der Waals surface area contributed by atoms with E-state index in [1.165, 1.54) is 23.2 Å². The van der Waals surface area contributed by atoms with Gasteiger partial charge in [-0.25, -0.2) is 9.97 Å². The number of hydrogen-bond donors (Lipinski definition) is 0. The number of aryl methyl sites for hydroxylation is 2. The van der Waals surface area contributed by atoms with Gasteiger partial charge in [-0.1, -0.05) is 16.8 Å². The van der Waals surface area contributed by atoms with Crippen molar-refractivity contribution in [3.8, 4) is 17.3 Å². The van der Waals surface area contributed by atoms with Gasteiger partial charge in [0.15, 0.2) is 6.61 Å². The predicted octanol–water partition coefficient (Wildman–Crippen LogP) is 4.46. The van der Waals surface area contributed by atoms with E-state index in [0.29, 0.717) is 22.6 Å². The third kappa shape index (κ3) is 2.73. The maximum Gasteiger partial charge on any atom is 0.264 e. The van der Waals surface area contributed by atoms with Gasteiger partial charge in [0, 0.05) is 15.5 Å². The lowest BCUT2D eigenvalue weighted by molar-refractivity contribution is 0.238. The lowest BCUT2D eigenvalue weighted by Crippen LogP contribution is -1.99. The van der Waals surface area contributed by atoms with Gasteiger partial charge in [-0.2, -0.15) is 4.98 Å². The first-order chi connectivity index (χ1) is 12.8. The van der Waals surface area contributed by atoms with E-state index >= 15 is 0 Å². The summed E-state index contributed by atoms with van der Waals surface area (Å²) in [6.45, 7) is 0.164. The summed E-state index contributed by atoms with van der Waals surface area (Å²) in [6, 6.07) is 7.28. The Bertz CT molecular complexity index is 1090. The minimum absolute atomic E-state index is 0.164. The highest BCUT2D eigenvalue weighted by Crippen LogP contribution is 2.39. The van der Waals surface area contributed by atoms with Gasteiger partial charge in [-0.05, 0) is 49.1 Å². The summed E-state index contributed by atoms with van der Waals surface area (Å²) in [5.74, 6) is 1.48. The SMILES string of the molecule is Clc1ccc(-c2noc(COc3ncnc4sc5c(c34)CCC5)n2)cc1. The van der Waals surface area contributed by atoms with Crippen LogP contribution in [0.15, 0.2) is 35.1 Å². The third-order valence-corrected chi connectivity index (χ3v) is 5.82. The summed E-state index contributed by atoms with van der Waals surface area (Å²) in [6.07, 6.45) is 4.89. The molecule has 5 rings (SSSR count). The largest absolute Gasteiger partial charge is 0.467 e. The van der Waals surface area contributed by atoms with Crippen molar-refractivity contribution < 1.29 is 9.26 Å². The molecule has 1 aliphatic rings. The molecule has 0 N–H and O–H groups in total. The third-order valence-electron chi connectivity index (χ3n) is 4.37. The summed E-state index contributed by atoms with van der Waals surface area (Å²) < 4.78 is 11.2. The lowest BCUT2D eigenvalue weighted by atomic mass is 10.2. The van der Waals surface area contributed by atoms with Gasteiger partial charge in [0.1, 0.15) is 11.2 Å². The number of ether oxygens (including phenoxy) is 1. The molecular formula is C18H13ClN4O2S. The molecule has 0 atom stereocenters. The molecule has 130 valence electrons. The zero-order chi connectivity index (χ0) is 17.5. The molecule has 4 aromatic rings. The van der Waals surface area contributed by atoms with Gasteiger partial charge in [0.25, 0.3) is 5.89 Å². The molecule has 0 fully saturated rings. The molecule has 6 nitrogen and oxygen atoms in total. The van der Waals surface area contributed by atoms with Crippen LogP contribution < -0.4 is 4.74 Å². The minimum Gasteiger partial charge on any atom is -0.467 e. The van der Waals surface area contributed by atoms with Crippen LogP contribution >= 0.6 is 22.9 Å². The molecule has 0 saturated carbocycles. The van der Waals surface area contributed by atoms with E-state index < -0.39 is 0 Å². The summed E-state index contributed by atoms with van der Waals surface area (Å²) in [4.78, 5) is 15.4. The van der Waals surface area contributed by atoms with Crippen LogP contribution in [0.3, 0.4) is 0 Å². The van der Waals surface area contributed by atoms with E-state index in [-0.39, 0.29) is 6.61 Å². The molecule has 1 aliphatic carbocycles. The highest BCUT2D eigenvalue weighted by atomic mass is 35.5. The van der Waals surface area contributed by atoms with E-state index in [4.69, 9.17) is 20.9 Å². The number of hydrogen-bond acceptors (Lipinski definition) is 7. The van der Waals surface area contributed by atoms with Crippen molar-refractivity contribution in [1.29, 1.82) is 0 Å². The van der Waals surface area contributed by atoms with E-state index in [0.717, 1.165) is 28.6 Å². The smallest absolute Gasteiger partial charge is 0.264 e. The molecule has 0 amide bonds. The van der Waals surface area contributed by atoms with E-state index in [2.05, 4.69) is 20.1 Å². The zero-order valence-electron chi connectivity index (χ0n) is 13.6. The topological polar surface area (TPSA) is 73.9 Å². The first-order valence-electron chi connectivity index (χ1n) is 8.24. The second kappa shape index (κ2) is 6.34. The Kier molecular flexibility index (Phi) is 3.83. The van der Waals surface area contributed by atoms with Gasteiger partial charge in [0.2, 0.25) is 11.7 Å².